The van der Waals surface area contributed by atoms with E-state index in [1.165, 1.54) is 6.20 Å². The van der Waals surface area contributed by atoms with Gasteiger partial charge in [0.2, 0.25) is 9.84 Å². The first kappa shape index (κ1) is 22.1. The summed E-state index contributed by atoms with van der Waals surface area (Å²) < 4.78 is 37.9. The summed E-state index contributed by atoms with van der Waals surface area (Å²) >= 11 is 0. The Labute approximate surface area is 187 Å². The summed E-state index contributed by atoms with van der Waals surface area (Å²) in [6.45, 7) is 3.11. The van der Waals surface area contributed by atoms with Gasteiger partial charge >= 0.3 is 5.97 Å². The van der Waals surface area contributed by atoms with Crippen molar-refractivity contribution in [3.05, 3.63) is 54.7 Å². The lowest BCUT2D eigenvalue weighted by atomic mass is 9.97. The predicted molar refractivity (Wildman–Crippen MR) is 122 cm³/mol. The number of aromatic nitrogens is 1. The van der Waals surface area contributed by atoms with Crippen LogP contribution in [0.5, 0.6) is 5.75 Å². The van der Waals surface area contributed by atoms with E-state index in [1.807, 2.05) is 11.0 Å². The number of carbonyl (C=O) groups is 1. The summed E-state index contributed by atoms with van der Waals surface area (Å²) in [4.78, 5) is 19.2. The van der Waals surface area contributed by atoms with Gasteiger partial charge in [0, 0.05) is 24.7 Å². The predicted octanol–water partition coefficient (Wildman–Crippen LogP) is 3.86. The molecule has 0 saturated carbocycles. The van der Waals surface area contributed by atoms with Gasteiger partial charge in [-0.05, 0) is 50.1 Å². The number of carbonyl (C=O) groups excluding carboxylic acids is 1. The fraction of sp³-hybridized carbons (Fsp3) is 0.333. The highest BCUT2D eigenvalue weighted by Crippen LogP contribution is 2.39. The van der Waals surface area contributed by atoms with E-state index in [0.29, 0.717) is 48.5 Å². The minimum atomic E-state index is -3.84. The number of sulfone groups is 1. The number of methoxy groups -OCH3 is 1. The lowest BCUT2D eigenvalue weighted by molar-refractivity contribution is -0.148. The maximum absolute atomic E-state index is 13.6. The molecule has 0 radical (unpaired) electrons. The lowest BCUT2D eigenvalue weighted by Crippen LogP contribution is -2.40. The topological polar surface area (TPSA) is 85.8 Å². The molecular formula is C24H26N2O5S. The fourth-order valence-electron chi connectivity index (χ4n) is 4.15. The number of nitrogens with zero attached hydrogens (tertiary/aromatic N) is 2. The van der Waals surface area contributed by atoms with Crippen LogP contribution in [0.1, 0.15) is 19.8 Å². The van der Waals surface area contributed by atoms with Crippen molar-refractivity contribution in [3.8, 4) is 5.75 Å². The van der Waals surface area contributed by atoms with Crippen molar-refractivity contribution >= 4 is 32.4 Å². The van der Waals surface area contributed by atoms with E-state index in [4.69, 9.17) is 9.47 Å². The number of anilines is 1. The van der Waals surface area contributed by atoms with Crippen LogP contribution in [0.2, 0.25) is 0 Å². The number of ether oxygens (including phenoxy) is 2. The molecule has 1 aliphatic rings. The third-order valence-electron chi connectivity index (χ3n) is 5.71. The summed E-state index contributed by atoms with van der Waals surface area (Å²) in [6, 6.07) is 13.7. The van der Waals surface area contributed by atoms with Gasteiger partial charge in [0.15, 0.2) is 0 Å². The monoisotopic (exact) mass is 454 g/mol. The average molecular weight is 455 g/mol. The van der Waals surface area contributed by atoms with Gasteiger partial charge in [-0.1, -0.05) is 18.2 Å². The van der Waals surface area contributed by atoms with Crippen LogP contribution in [0.3, 0.4) is 0 Å². The Kier molecular flexibility index (Phi) is 6.32. The number of esters is 1. The van der Waals surface area contributed by atoms with E-state index in [1.54, 1.807) is 56.5 Å². The second kappa shape index (κ2) is 9.16. The first-order valence-corrected chi connectivity index (χ1v) is 12.1. The second-order valence-electron chi connectivity index (χ2n) is 7.71. The van der Waals surface area contributed by atoms with Crippen LogP contribution in [0, 0.1) is 5.92 Å². The Bertz CT molecular complexity index is 1230. The molecule has 2 heterocycles. The van der Waals surface area contributed by atoms with Crippen LogP contribution < -0.4 is 9.64 Å². The SMILES string of the molecule is CCOC(=O)C1CCCN(c2c(S(=O)(=O)c3ccccc3)cnc3ccc(OC)cc23)C1. The summed E-state index contributed by atoms with van der Waals surface area (Å²) in [7, 11) is -2.27. The normalized spacial score (nSPS) is 16.7. The maximum atomic E-state index is 13.6. The highest BCUT2D eigenvalue weighted by Gasteiger charge is 2.32. The maximum Gasteiger partial charge on any atom is 0.310 e. The Morgan fingerprint density at radius 2 is 1.97 bits per heavy atom. The van der Waals surface area contributed by atoms with Crippen molar-refractivity contribution in [1.29, 1.82) is 0 Å². The molecule has 1 unspecified atom stereocenters. The number of hydrogen-bond donors (Lipinski definition) is 0. The fourth-order valence-corrected chi connectivity index (χ4v) is 5.60. The molecule has 0 N–H and O–H groups in total. The van der Waals surface area contributed by atoms with Crippen LogP contribution in [0.25, 0.3) is 10.9 Å². The van der Waals surface area contributed by atoms with Crippen molar-refractivity contribution in [3.63, 3.8) is 0 Å². The molecule has 0 aliphatic carbocycles. The highest BCUT2D eigenvalue weighted by atomic mass is 32.2. The van der Waals surface area contributed by atoms with E-state index < -0.39 is 9.84 Å². The zero-order valence-electron chi connectivity index (χ0n) is 18.2. The largest absolute Gasteiger partial charge is 0.497 e. The van der Waals surface area contributed by atoms with E-state index in [0.717, 1.165) is 6.42 Å². The van der Waals surface area contributed by atoms with Gasteiger partial charge in [-0.15, -0.1) is 0 Å². The summed E-state index contributed by atoms with van der Waals surface area (Å²) in [5, 5.41) is 0.672. The van der Waals surface area contributed by atoms with Gasteiger partial charge in [-0.25, -0.2) is 8.42 Å². The van der Waals surface area contributed by atoms with Crippen molar-refractivity contribution in [2.75, 3.05) is 31.7 Å². The Morgan fingerprint density at radius 3 is 2.69 bits per heavy atom. The molecule has 1 aromatic heterocycles. The van der Waals surface area contributed by atoms with Crippen LogP contribution in [0.4, 0.5) is 5.69 Å². The lowest BCUT2D eigenvalue weighted by Gasteiger charge is -2.35. The van der Waals surface area contributed by atoms with Gasteiger partial charge in [0.05, 0.1) is 35.7 Å². The van der Waals surface area contributed by atoms with Crippen molar-refractivity contribution in [2.24, 2.45) is 5.92 Å². The molecule has 0 spiro atoms. The molecule has 1 atom stereocenters. The van der Waals surface area contributed by atoms with Crippen LogP contribution >= 0.6 is 0 Å². The van der Waals surface area contributed by atoms with E-state index in [-0.39, 0.29) is 21.7 Å². The Morgan fingerprint density at radius 1 is 1.19 bits per heavy atom. The third kappa shape index (κ3) is 4.14. The van der Waals surface area contributed by atoms with E-state index in [9.17, 15) is 13.2 Å². The van der Waals surface area contributed by atoms with Crippen molar-refractivity contribution < 1.29 is 22.7 Å². The number of pyridine rings is 1. The quantitative estimate of drug-likeness (QED) is 0.523. The summed E-state index contributed by atoms with van der Waals surface area (Å²) in [5.74, 6) is 0.0409. The average Bonchev–Trinajstić information content (AvgIpc) is 2.83. The molecule has 1 saturated heterocycles. The zero-order chi connectivity index (χ0) is 22.7. The van der Waals surface area contributed by atoms with Gasteiger partial charge in [0.1, 0.15) is 10.6 Å². The summed E-state index contributed by atoms with van der Waals surface area (Å²) in [5.41, 5.74) is 1.21. The number of hydrogen-bond acceptors (Lipinski definition) is 7. The molecule has 3 aromatic rings. The first-order chi connectivity index (χ1) is 15.5. The van der Waals surface area contributed by atoms with Crippen molar-refractivity contribution in [2.45, 2.75) is 29.6 Å². The number of benzene rings is 2. The molecular weight excluding hydrogens is 428 g/mol. The van der Waals surface area contributed by atoms with Gasteiger partial charge in [-0.2, -0.15) is 0 Å². The Hall–Kier alpha value is -3.13. The Balaban J connectivity index is 1.90. The smallest absolute Gasteiger partial charge is 0.310 e. The minimum absolute atomic E-state index is 0.119. The van der Waals surface area contributed by atoms with Crippen LogP contribution in [-0.4, -0.2) is 46.2 Å². The number of rotatable bonds is 6. The minimum Gasteiger partial charge on any atom is -0.497 e. The number of piperidine rings is 1. The van der Waals surface area contributed by atoms with Gasteiger partial charge in [0.25, 0.3) is 0 Å². The molecule has 7 nitrogen and oxygen atoms in total. The molecule has 4 rings (SSSR count). The number of fused-ring (bicyclic) bond motifs is 1. The van der Waals surface area contributed by atoms with Crippen molar-refractivity contribution in [1.82, 2.24) is 4.98 Å². The summed E-state index contributed by atoms with van der Waals surface area (Å²) in [6.07, 6.45) is 2.88. The molecule has 168 valence electrons. The zero-order valence-corrected chi connectivity index (χ0v) is 19.0. The van der Waals surface area contributed by atoms with Gasteiger partial charge < -0.3 is 14.4 Å². The second-order valence-corrected chi connectivity index (χ2v) is 9.63. The first-order valence-electron chi connectivity index (χ1n) is 10.6. The third-order valence-corrected chi connectivity index (χ3v) is 7.48. The molecule has 1 fully saturated rings. The highest BCUT2D eigenvalue weighted by molar-refractivity contribution is 7.91. The molecule has 1 aliphatic heterocycles. The standard InChI is InChI=1S/C24H26N2O5S/c1-3-31-24(27)17-8-7-13-26(16-17)23-20-14-18(30-2)11-12-21(20)25-15-22(23)32(28,29)19-9-5-4-6-10-19/h4-6,9-12,14-15,17H,3,7-8,13,16H2,1-2H3. The van der Waals surface area contributed by atoms with Crippen LogP contribution in [0.15, 0.2) is 64.5 Å². The molecule has 2 aromatic carbocycles. The van der Waals surface area contributed by atoms with E-state index in [2.05, 4.69) is 4.98 Å². The molecule has 32 heavy (non-hydrogen) atoms. The molecule has 8 heteroatoms. The molecule has 0 amide bonds. The van der Waals surface area contributed by atoms with Gasteiger partial charge in [-0.3, -0.25) is 9.78 Å². The van der Waals surface area contributed by atoms with E-state index >= 15 is 0 Å². The molecule has 0 bridgehead atoms. The van der Waals surface area contributed by atoms with Crippen LogP contribution in [-0.2, 0) is 19.4 Å².